The summed E-state index contributed by atoms with van der Waals surface area (Å²) >= 11 is 0. The Morgan fingerprint density at radius 3 is 2.75 bits per heavy atom. The topological polar surface area (TPSA) is 38.9 Å². The maximum absolute atomic E-state index is 13.3. The third-order valence-electron chi connectivity index (χ3n) is 5.01. The summed E-state index contributed by atoms with van der Waals surface area (Å²) in [5.41, 5.74) is 8.85. The van der Waals surface area contributed by atoms with Gasteiger partial charge in [-0.15, -0.1) is 0 Å². The fraction of sp³-hybridized carbons (Fsp3) is 0.688. The highest BCUT2D eigenvalue weighted by Gasteiger charge is 2.39. The monoisotopic (exact) mass is 280 g/mol. The number of aromatic nitrogens is 1. The van der Waals surface area contributed by atoms with E-state index in [0.29, 0.717) is 12.8 Å². The first kappa shape index (κ1) is 13.9. The van der Waals surface area contributed by atoms with Crippen molar-refractivity contribution in [2.45, 2.75) is 62.8 Å². The van der Waals surface area contributed by atoms with E-state index in [1.807, 2.05) is 12.3 Å². The first-order valence-corrected chi connectivity index (χ1v) is 7.64. The first-order chi connectivity index (χ1) is 9.57. The van der Waals surface area contributed by atoms with E-state index in [2.05, 4.69) is 11.1 Å². The lowest BCUT2D eigenvalue weighted by molar-refractivity contribution is -0.0493. The third-order valence-corrected chi connectivity index (χ3v) is 5.01. The highest BCUT2D eigenvalue weighted by Crippen LogP contribution is 2.42. The molecule has 1 heterocycles. The van der Waals surface area contributed by atoms with Crippen LogP contribution in [0.3, 0.4) is 0 Å². The van der Waals surface area contributed by atoms with Gasteiger partial charge in [0, 0.05) is 36.7 Å². The van der Waals surface area contributed by atoms with Crippen molar-refractivity contribution in [2.75, 3.05) is 0 Å². The zero-order valence-corrected chi connectivity index (χ0v) is 11.7. The molecule has 4 heteroatoms. The van der Waals surface area contributed by atoms with Crippen molar-refractivity contribution >= 4 is 0 Å². The van der Waals surface area contributed by atoms with Gasteiger partial charge in [-0.05, 0) is 49.7 Å². The average Bonchev–Trinajstić information content (AvgIpc) is 2.46. The molecule has 2 nitrogen and oxygen atoms in total. The molecule has 2 atom stereocenters. The fourth-order valence-corrected chi connectivity index (χ4v) is 3.80. The highest BCUT2D eigenvalue weighted by molar-refractivity contribution is 5.27. The molecule has 2 aliphatic carbocycles. The van der Waals surface area contributed by atoms with Crippen LogP contribution in [0.2, 0.25) is 0 Å². The Bertz CT molecular complexity index is 465. The van der Waals surface area contributed by atoms with E-state index in [1.54, 1.807) is 0 Å². The van der Waals surface area contributed by atoms with Gasteiger partial charge in [-0.2, -0.15) is 0 Å². The van der Waals surface area contributed by atoms with Crippen LogP contribution in [-0.2, 0) is 6.42 Å². The number of fused-ring (bicyclic) bond motifs is 1. The minimum absolute atomic E-state index is 0.00678. The molecule has 1 saturated carbocycles. The predicted octanol–water partition coefficient (Wildman–Crippen LogP) is 3.65. The van der Waals surface area contributed by atoms with Gasteiger partial charge >= 0.3 is 0 Å². The average molecular weight is 280 g/mol. The molecule has 3 rings (SSSR count). The Morgan fingerprint density at radius 2 is 2.00 bits per heavy atom. The second kappa shape index (κ2) is 5.40. The maximum Gasteiger partial charge on any atom is 0.248 e. The molecule has 1 aromatic rings. The molecule has 110 valence electrons. The lowest BCUT2D eigenvalue weighted by atomic mass is 9.73. The van der Waals surface area contributed by atoms with Crippen LogP contribution in [0.25, 0.3) is 0 Å². The molecule has 0 spiro atoms. The van der Waals surface area contributed by atoms with Gasteiger partial charge in [0.1, 0.15) is 0 Å². The van der Waals surface area contributed by atoms with Gasteiger partial charge in [0.2, 0.25) is 5.92 Å². The minimum atomic E-state index is -2.47. The molecule has 20 heavy (non-hydrogen) atoms. The zero-order chi connectivity index (χ0) is 14.2. The Hall–Kier alpha value is -1.03. The molecule has 0 saturated heterocycles. The smallest absolute Gasteiger partial charge is 0.248 e. The van der Waals surface area contributed by atoms with Gasteiger partial charge < -0.3 is 5.73 Å². The van der Waals surface area contributed by atoms with E-state index in [-0.39, 0.29) is 30.7 Å². The van der Waals surface area contributed by atoms with E-state index in [0.717, 1.165) is 25.0 Å². The van der Waals surface area contributed by atoms with Crippen LogP contribution in [-0.4, -0.2) is 16.9 Å². The third kappa shape index (κ3) is 2.71. The molecule has 2 unspecified atom stereocenters. The molecule has 2 N–H and O–H groups in total. The molecule has 0 amide bonds. The Kier molecular flexibility index (Phi) is 3.76. The lowest BCUT2D eigenvalue weighted by Crippen LogP contribution is -2.41. The Labute approximate surface area is 118 Å². The summed E-state index contributed by atoms with van der Waals surface area (Å²) in [4.78, 5) is 4.52. The Morgan fingerprint density at radius 1 is 1.25 bits per heavy atom. The predicted molar refractivity (Wildman–Crippen MR) is 74.8 cm³/mol. The molecular formula is C16H22F2N2. The number of hydrogen-bond donors (Lipinski definition) is 1. The molecule has 1 fully saturated rings. The van der Waals surface area contributed by atoms with Crippen molar-refractivity contribution in [2.24, 2.45) is 11.7 Å². The largest absolute Gasteiger partial charge is 0.327 e. The summed E-state index contributed by atoms with van der Waals surface area (Å²) < 4.78 is 26.5. The summed E-state index contributed by atoms with van der Waals surface area (Å²) in [7, 11) is 0. The van der Waals surface area contributed by atoms with Gasteiger partial charge in [0.05, 0.1) is 0 Å². The van der Waals surface area contributed by atoms with E-state index in [4.69, 9.17) is 5.73 Å². The molecule has 0 aromatic carbocycles. The molecule has 0 bridgehead atoms. The SMILES string of the molecule is NC(C1CCC(F)(F)CC1)C1CCCc2cccnc21. The van der Waals surface area contributed by atoms with Crippen LogP contribution in [0.15, 0.2) is 18.3 Å². The highest BCUT2D eigenvalue weighted by atomic mass is 19.3. The van der Waals surface area contributed by atoms with Crippen LogP contribution < -0.4 is 5.73 Å². The number of nitrogens with two attached hydrogens (primary N) is 1. The van der Waals surface area contributed by atoms with Crippen LogP contribution in [0, 0.1) is 5.92 Å². The summed E-state index contributed by atoms with van der Waals surface area (Å²) in [6.45, 7) is 0. The van der Waals surface area contributed by atoms with Gasteiger partial charge in [-0.3, -0.25) is 4.98 Å². The quantitative estimate of drug-likeness (QED) is 0.898. The summed E-state index contributed by atoms with van der Waals surface area (Å²) in [5.74, 6) is -2.01. The first-order valence-electron chi connectivity index (χ1n) is 7.64. The maximum atomic E-state index is 13.3. The number of halogens is 2. The summed E-state index contributed by atoms with van der Waals surface area (Å²) in [6.07, 6.45) is 6.13. The molecule has 0 radical (unpaired) electrons. The number of hydrogen-bond acceptors (Lipinski definition) is 2. The van der Waals surface area contributed by atoms with Gasteiger partial charge in [-0.1, -0.05) is 6.07 Å². The lowest BCUT2D eigenvalue weighted by Gasteiger charge is -2.37. The van der Waals surface area contributed by atoms with Crippen molar-refractivity contribution in [1.82, 2.24) is 4.98 Å². The van der Waals surface area contributed by atoms with Crippen molar-refractivity contribution in [3.05, 3.63) is 29.6 Å². The van der Waals surface area contributed by atoms with E-state index >= 15 is 0 Å². The number of rotatable bonds is 2. The van der Waals surface area contributed by atoms with Crippen LogP contribution in [0.5, 0.6) is 0 Å². The van der Waals surface area contributed by atoms with Crippen LogP contribution >= 0.6 is 0 Å². The summed E-state index contributed by atoms with van der Waals surface area (Å²) in [5, 5.41) is 0. The second-order valence-corrected chi connectivity index (χ2v) is 6.32. The van der Waals surface area contributed by atoms with E-state index < -0.39 is 5.92 Å². The van der Waals surface area contributed by atoms with Crippen LogP contribution in [0.1, 0.15) is 55.7 Å². The molecule has 0 aliphatic heterocycles. The van der Waals surface area contributed by atoms with Crippen molar-refractivity contribution in [1.29, 1.82) is 0 Å². The standard InChI is InChI=1S/C16H22F2N2/c17-16(18)8-6-11(7-9-16)14(19)13-5-1-3-12-4-2-10-20-15(12)13/h2,4,10-11,13-14H,1,3,5-9,19H2. The van der Waals surface area contributed by atoms with Crippen LogP contribution in [0.4, 0.5) is 8.78 Å². The fourth-order valence-electron chi connectivity index (χ4n) is 3.80. The number of nitrogens with zero attached hydrogens (tertiary/aromatic N) is 1. The van der Waals surface area contributed by atoms with E-state index in [9.17, 15) is 8.78 Å². The van der Waals surface area contributed by atoms with Gasteiger partial charge in [0.25, 0.3) is 0 Å². The molecule has 1 aromatic heterocycles. The van der Waals surface area contributed by atoms with Crippen molar-refractivity contribution < 1.29 is 8.78 Å². The normalized spacial score (nSPS) is 27.9. The van der Waals surface area contributed by atoms with Gasteiger partial charge in [-0.25, -0.2) is 8.78 Å². The number of aryl methyl sites for hydroxylation is 1. The minimum Gasteiger partial charge on any atom is -0.327 e. The Balaban J connectivity index is 1.74. The number of pyridine rings is 1. The van der Waals surface area contributed by atoms with Crippen molar-refractivity contribution in [3.63, 3.8) is 0 Å². The molecular weight excluding hydrogens is 258 g/mol. The van der Waals surface area contributed by atoms with E-state index in [1.165, 1.54) is 5.56 Å². The van der Waals surface area contributed by atoms with Gasteiger partial charge in [0.15, 0.2) is 0 Å². The summed E-state index contributed by atoms with van der Waals surface area (Å²) in [6, 6.07) is 4.06. The molecule has 2 aliphatic rings. The number of alkyl halides is 2. The zero-order valence-electron chi connectivity index (χ0n) is 11.7. The van der Waals surface area contributed by atoms with Crippen molar-refractivity contribution in [3.8, 4) is 0 Å². The second-order valence-electron chi connectivity index (χ2n) is 6.32.